The Kier molecular flexibility index (Phi) is 5.48. The Morgan fingerprint density at radius 3 is 2.16 bits per heavy atom. The SMILES string of the molecule is COc1ccc(OCC(=O)N2c3ccccc3[C@@](C)(c3ccccc3)CC2(C)C)cc1. The summed E-state index contributed by atoms with van der Waals surface area (Å²) >= 11 is 0. The standard InChI is InChI=1S/C27H29NO3/c1-26(2)19-27(3,20-10-6-5-7-11-20)23-12-8-9-13-24(23)28(26)25(29)18-31-22-16-14-21(30-4)15-17-22/h5-17H,18-19H2,1-4H3/t27-/m1/s1. The van der Waals surface area contributed by atoms with Gasteiger partial charge in [0.2, 0.25) is 0 Å². The number of hydrogen-bond acceptors (Lipinski definition) is 3. The molecule has 4 rings (SSSR count). The number of methoxy groups -OCH3 is 1. The molecule has 0 saturated carbocycles. The summed E-state index contributed by atoms with van der Waals surface area (Å²) in [5.74, 6) is 1.35. The Balaban J connectivity index is 1.65. The van der Waals surface area contributed by atoms with Crippen LogP contribution in [0.2, 0.25) is 0 Å². The highest BCUT2D eigenvalue weighted by Gasteiger charge is 2.47. The number of carbonyl (C=O) groups excluding carboxylic acids is 1. The zero-order valence-electron chi connectivity index (χ0n) is 18.6. The molecule has 1 aliphatic heterocycles. The summed E-state index contributed by atoms with van der Waals surface area (Å²) in [6, 6.07) is 26.1. The number of hydrogen-bond donors (Lipinski definition) is 0. The molecule has 31 heavy (non-hydrogen) atoms. The topological polar surface area (TPSA) is 38.8 Å². The molecule has 1 amide bonds. The highest BCUT2D eigenvalue weighted by atomic mass is 16.5. The second-order valence-corrected chi connectivity index (χ2v) is 8.90. The number of para-hydroxylation sites is 1. The normalized spacial score (nSPS) is 19.4. The van der Waals surface area contributed by atoms with Gasteiger partial charge in [-0.05, 0) is 61.7 Å². The molecular formula is C27H29NO3. The average molecular weight is 416 g/mol. The molecule has 4 nitrogen and oxygen atoms in total. The van der Waals surface area contributed by atoms with Crippen molar-refractivity contribution < 1.29 is 14.3 Å². The van der Waals surface area contributed by atoms with Gasteiger partial charge < -0.3 is 14.4 Å². The molecule has 1 atom stereocenters. The third kappa shape index (κ3) is 3.90. The average Bonchev–Trinajstić information content (AvgIpc) is 2.78. The van der Waals surface area contributed by atoms with Gasteiger partial charge >= 0.3 is 0 Å². The van der Waals surface area contributed by atoms with E-state index >= 15 is 0 Å². The van der Waals surface area contributed by atoms with Gasteiger partial charge in [-0.3, -0.25) is 4.79 Å². The highest BCUT2D eigenvalue weighted by Crippen LogP contribution is 2.50. The van der Waals surface area contributed by atoms with Gasteiger partial charge in [0, 0.05) is 16.6 Å². The maximum absolute atomic E-state index is 13.4. The Morgan fingerprint density at radius 2 is 1.48 bits per heavy atom. The summed E-state index contributed by atoms with van der Waals surface area (Å²) in [7, 11) is 1.62. The van der Waals surface area contributed by atoms with Crippen LogP contribution in [0, 0.1) is 0 Å². The second-order valence-electron chi connectivity index (χ2n) is 8.90. The third-order valence-corrected chi connectivity index (χ3v) is 6.21. The Labute approximate surface area is 184 Å². The smallest absolute Gasteiger partial charge is 0.265 e. The minimum Gasteiger partial charge on any atom is -0.497 e. The Hall–Kier alpha value is -3.27. The fourth-order valence-corrected chi connectivity index (χ4v) is 4.92. The predicted octanol–water partition coefficient (Wildman–Crippen LogP) is 5.60. The van der Waals surface area contributed by atoms with Crippen LogP contribution in [-0.4, -0.2) is 25.2 Å². The van der Waals surface area contributed by atoms with Gasteiger partial charge in [-0.2, -0.15) is 0 Å². The van der Waals surface area contributed by atoms with Crippen molar-refractivity contribution >= 4 is 11.6 Å². The first kappa shape index (κ1) is 21.0. The number of anilines is 1. The molecule has 1 aliphatic rings. The molecule has 0 radical (unpaired) electrons. The molecule has 3 aromatic carbocycles. The van der Waals surface area contributed by atoms with Crippen LogP contribution >= 0.6 is 0 Å². The van der Waals surface area contributed by atoms with Gasteiger partial charge in [-0.1, -0.05) is 55.5 Å². The Morgan fingerprint density at radius 1 is 0.871 bits per heavy atom. The molecule has 0 bridgehead atoms. The summed E-state index contributed by atoms with van der Waals surface area (Å²) in [5.41, 5.74) is 2.82. The monoisotopic (exact) mass is 415 g/mol. The minimum atomic E-state index is -0.376. The number of carbonyl (C=O) groups is 1. The van der Waals surface area contributed by atoms with Crippen LogP contribution in [0.4, 0.5) is 5.69 Å². The van der Waals surface area contributed by atoms with Crippen molar-refractivity contribution in [2.45, 2.75) is 38.1 Å². The van der Waals surface area contributed by atoms with E-state index in [1.807, 2.05) is 47.4 Å². The fourth-order valence-electron chi connectivity index (χ4n) is 4.92. The molecule has 0 fully saturated rings. The van der Waals surface area contributed by atoms with Crippen molar-refractivity contribution in [3.05, 3.63) is 90.0 Å². The van der Waals surface area contributed by atoms with E-state index in [-0.39, 0.29) is 23.5 Å². The molecule has 0 unspecified atom stereocenters. The van der Waals surface area contributed by atoms with Crippen LogP contribution < -0.4 is 14.4 Å². The predicted molar refractivity (Wildman–Crippen MR) is 124 cm³/mol. The third-order valence-electron chi connectivity index (χ3n) is 6.21. The van der Waals surface area contributed by atoms with E-state index in [1.54, 1.807) is 7.11 Å². The quantitative estimate of drug-likeness (QED) is 0.545. The Bertz CT molecular complexity index is 1060. The van der Waals surface area contributed by atoms with Crippen molar-refractivity contribution in [1.82, 2.24) is 0 Å². The van der Waals surface area contributed by atoms with Crippen molar-refractivity contribution in [2.75, 3.05) is 18.6 Å². The molecule has 3 aromatic rings. The molecule has 0 aromatic heterocycles. The van der Waals surface area contributed by atoms with Crippen LogP contribution in [-0.2, 0) is 10.2 Å². The second kappa shape index (κ2) is 8.10. The maximum Gasteiger partial charge on any atom is 0.265 e. The summed E-state index contributed by atoms with van der Waals surface area (Å²) < 4.78 is 11.0. The van der Waals surface area contributed by atoms with E-state index in [0.29, 0.717) is 5.75 Å². The van der Waals surface area contributed by atoms with E-state index in [2.05, 4.69) is 57.2 Å². The van der Waals surface area contributed by atoms with Crippen molar-refractivity contribution in [3.8, 4) is 11.5 Å². The minimum absolute atomic E-state index is 0.0217. The summed E-state index contributed by atoms with van der Waals surface area (Å²) in [6.07, 6.45) is 0.815. The molecule has 4 heteroatoms. The van der Waals surface area contributed by atoms with Gasteiger partial charge in [0.25, 0.3) is 5.91 Å². The highest BCUT2D eigenvalue weighted by molar-refractivity contribution is 5.97. The van der Waals surface area contributed by atoms with Gasteiger partial charge in [0.05, 0.1) is 7.11 Å². The maximum atomic E-state index is 13.4. The van der Waals surface area contributed by atoms with E-state index in [4.69, 9.17) is 9.47 Å². The van der Waals surface area contributed by atoms with Crippen molar-refractivity contribution in [3.63, 3.8) is 0 Å². The largest absolute Gasteiger partial charge is 0.497 e. The number of rotatable bonds is 5. The summed E-state index contributed by atoms with van der Waals surface area (Å²) in [6.45, 7) is 6.52. The molecule has 0 spiro atoms. The lowest BCUT2D eigenvalue weighted by Crippen LogP contribution is -2.57. The van der Waals surface area contributed by atoms with E-state index in [1.165, 1.54) is 11.1 Å². The number of amides is 1. The number of benzene rings is 3. The van der Waals surface area contributed by atoms with Crippen molar-refractivity contribution in [1.29, 1.82) is 0 Å². The van der Waals surface area contributed by atoms with Crippen molar-refractivity contribution in [2.24, 2.45) is 0 Å². The first-order chi connectivity index (χ1) is 14.8. The van der Waals surface area contributed by atoms with Crippen LogP contribution in [0.1, 0.15) is 38.3 Å². The van der Waals surface area contributed by atoms with Gasteiger partial charge in [-0.25, -0.2) is 0 Å². The lowest BCUT2D eigenvalue weighted by Gasteiger charge is -2.51. The molecule has 1 heterocycles. The first-order valence-electron chi connectivity index (χ1n) is 10.6. The first-order valence-corrected chi connectivity index (χ1v) is 10.6. The number of fused-ring (bicyclic) bond motifs is 1. The van der Waals surface area contributed by atoms with Crippen LogP contribution in [0.3, 0.4) is 0 Å². The molecule has 0 N–H and O–H groups in total. The molecular weight excluding hydrogens is 386 g/mol. The summed E-state index contributed by atoms with van der Waals surface area (Å²) in [4.78, 5) is 15.3. The van der Waals surface area contributed by atoms with E-state index in [0.717, 1.165) is 17.9 Å². The van der Waals surface area contributed by atoms with E-state index < -0.39 is 0 Å². The lowest BCUT2D eigenvalue weighted by molar-refractivity contribution is -0.121. The molecule has 160 valence electrons. The van der Waals surface area contributed by atoms with Crippen LogP contribution in [0.15, 0.2) is 78.9 Å². The summed E-state index contributed by atoms with van der Waals surface area (Å²) in [5, 5.41) is 0. The molecule has 0 aliphatic carbocycles. The molecule has 0 saturated heterocycles. The van der Waals surface area contributed by atoms with Gasteiger partial charge in [0.15, 0.2) is 6.61 Å². The van der Waals surface area contributed by atoms with Crippen LogP contribution in [0.5, 0.6) is 11.5 Å². The van der Waals surface area contributed by atoms with E-state index in [9.17, 15) is 4.79 Å². The fraction of sp³-hybridized carbons (Fsp3) is 0.296. The van der Waals surface area contributed by atoms with Crippen LogP contribution in [0.25, 0.3) is 0 Å². The lowest BCUT2D eigenvalue weighted by atomic mass is 9.65. The van der Waals surface area contributed by atoms with Gasteiger partial charge in [0.1, 0.15) is 11.5 Å². The zero-order chi connectivity index (χ0) is 22.1. The zero-order valence-corrected chi connectivity index (χ0v) is 18.6. The number of ether oxygens (including phenoxy) is 2. The van der Waals surface area contributed by atoms with Gasteiger partial charge in [-0.15, -0.1) is 0 Å². The number of nitrogens with zero attached hydrogens (tertiary/aromatic N) is 1.